The number of aromatic nitrogens is 4. The van der Waals surface area contributed by atoms with E-state index in [1.54, 1.807) is 0 Å². The largest absolute Gasteiger partial charge is 0.307 e. The zero-order chi connectivity index (χ0) is 18.1. The Balaban J connectivity index is 1.75. The molecule has 0 fully saturated rings. The van der Waals surface area contributed by atoms with Crippen LogP contribution in [0.4, 0.5) is 11.8 Å². The van der Waals surface area contributed by atoms with Crippen LogP contribution in [0.2, 0.25) is 0 Å². The van der Waals surface area contributed by atoms with E-state index in [9.17, 15) is 0 Å². The number of nitrogens with zero attached hydrogens (tertiary/aromatic N) is 4. The third-order valence-corrected chi connectivity index (χ3v) is 4.34. The topological polar surface area (TPSA) is 55.1 Å². The van der Waals surface area contributed by atoms with E-state index in [0.29, 0.717) is 11.9 Å². The Bertz CT molecular complexity index is 1060. The van der Waals surface area contributed by atoms with Gasteiger partial charge in [0.05, 0.1) is 5.69 Å². The summed E-state index contributed by atoms with van der Waals surface area (Å²) in [6, 6.07) is 20.4. The number of benzene rings is 1. The second-order valence-electron chi connectivity index (χ2n) is 6.69. The highest BCUT2D eigenvalue weighted by Crippen LogP contribution is 2.25. The summed E-state index contributed by atoms with van der Waals surface area (Å²) < 4.78 is 1.87. The molecule has 0 saturated heterocycles. The van der Waals surface area contributed by atoms with Crippen molar-refractivity contribution in [1.82, 2.24) is 19.6 Å². The first-order valence-corrected chi connectivity index (χ1v) is 8.77. The van der Waals surface area contributed by atoms with Crippen LogP contribution in [0.15, 0.2) is 60.7 Å². The predicted octanol–water partition coefficient (Wildman–Crippen LogP) is 4.97. The molecule has 5 heteroatoms. The number of rotatable bonds is 4. The van der Waals surface area contributed by atoms with Crippen molar-refractivity contribution in [2.45, 2.75) is 26.7 Å². The third-order valence-electron chi connectivity index (χ3n) is 4.34. The van der Waals surface area contributed by atoms with Crippen LogP contribution in [0.3, 0.4) is 0 Å². The molecule has 5 nitrogen and oxygen atoms in total. The highest BCUT2D eigenvalue weighted by molar-refractivity contribution is 5.65. The summed E-state index contributed by atoms with van der Waals surface area (Å²) in [6.07, 6.45) is 0. The third kappa shape index (κ3) is 3.16. The molecule has 0 atom stereocenters. The zero-order valence-electron chi connectivity index (χ0n) is 15.1. The number of anilines is 2. The fourth-order valence-electron chi connectivity index (χ4n) is 2.96. The molecule has 3 aromatic heterocycles. The van der Waals surface area contributed by atoms with E-state index < -0.39 is 0 Å². The van der Waals surface area contributed by atoms with Gasteiger partial charge < -0.3 is 5.32 Å². The number of pyridine rings is 2. The van der Waals surface area contributed by atoms with Crippen LogP contribution in [-0.4, -0.2) is 19.6 Å². The van der Waals surface area contributed by atoms with Gasteiger partial charge in [-0.15, -0.1) is 5.10 Å². The minimum atomic E-state index is 0.481. The normalized spacial score (nSPS) is 11.2. The first-order valence-electron chi connectivity index (χ1n) is 8.77. The summed E-state index contributed by atoms with van der Waals surface area (Å²) in [5.74, 6) is 1.76. The lowest BCUT2D eigenvalue weighted by Gasteiger charge is -2.09. The van der Waals surface area contributed by atoms with Crippen LogP contribution < -0.4 is 5.32 Å². The van der Waals surface area contributed by atoms with Crippen molar-refractivity contribution in [2.75, 3.05) is 5.32 Å². The van der Waals surface area contributed by atoms with Crippen molar-refractivity contribution in [3.05, 3.63) is 71.9 Å². The second-order valence-corrected chi connectivity index (χ2v) is 6.69. The molecule has 0 unspecified atom stereocenters. The van der Waals surface area contributed by atoms with Crippen LogP contribution in [0.5, 0.6) is 0 Å². The summed E-state index contributed by atoms with van der Waals surface area (Å²) in [5, 5.41) is 7.83. The van der Waals surface area contributed by atoms with Crippen LogP contribution in [0.1, 0.15) is 31.0 Å². The molecule has 0 spiro atoms. The average molecular weight is 343 g/mol. The molecule has 0 aliphatic heterocycles. The quantitative estimate of drug-likeness (QED) is 0.568. The number of fused-ring (bicyclic) bond motifs is 1. The minimum absolute atomic E-state index is 0.481. The van der Waals surface area contributed by atoms with Gasteiger partial charge in [0.15, 0.2) is 5.65 Å². The standard InChI is InChI=1S/C21H21N5/c1-14(2)16-8-5-9-17(13-16)18-10-6-12-20-24-21(25-26(18)20)23-19-11-4-7-15(3)22-19/h4-14H,1-3H3,(H,22,23,25). The van der Waals surface area contributed by atoms with E-state index in [0.717, 1.165) is 28.4 Å². The van der Waals surface area contributed by atoms with Gasteiger partial charge in [0.1, 0.15) is 5.82 Å². The van der Waals surface area contributed by atoms with E-state index in [-0.39, 0.29) is 0 Å². The molecule has 0 bridgehead atoms. The Morgan fingerprint density at radius 3 is 2.54 bits per heavy atom. The number of nitrogens with one attached hydrogen (secondary N) is 1. The molecular weight excluding hydrogens is 322 g/mol. The first-order chi connectivity index (χ1) is 12.6. The van der Waals surface area contributed by atoms with E-state index in [1.807, 2.05) is 41.8 Å². The van der Waals surface area contributed by atoms with Gasteiger partial charge in [-0.25, -0.2) is 9.50 Å². The van der Waals surface area contributed by atoms with E-state index in [2.05, 4.69) is 64.6 Å². The molecule has 4 rings (SSSR count). The lowest BCUT2D eigenvalue weighted by atomic mass is 9.99. The SMILES string of the molecule is Cc1cccc(Nc2nc3cccc(-c4cccc(C(C)C)c4)n3n2)n1. The van der Waals surface area contributed by atoms with Crippen LogP contribution in [0, 0.1) is 6.92 Å². The summed E-state index contributed by atoms with van der Waals surface area (Å²) >= 11 is 0. The summed E-state index contributed by atoms with van der Waals surface area (Å²) in [5.41, 5.74) is 5.20. The molecule has 0 radical (unpaired) electrons. The molecule has 0 amide bonds. The lowest BCUT2D eigenvalue weighted by molar-refractivity contribution is 0.866. The highest BCUT2D eigenvalue weighted by Gasteiger charge is 2.10. The Morgan fingerprint density at radius 1 is 0.923 bits per heavy atom. The number of aryl methyl sites for hydroxylation is 1. The van der Waals surface area contributed by atoms with Crippen molar-refractivity contribution >= 4 is 17.4 Å². The molecule has 1 aromatic carbocycles. The lowest BCUT2D eigenvalue weighted by Crippen LogP contribution is -1.98. The van der Waals surface area contributed by atoms with Crippen molar-refractivity contribution in [3.8, 4) is 11.3 Å². The highest BCUT2D eigenvalue weighted by atomic mass is 15.4. The van der Waals surface area contributed by atoms with Gasteiger partial charge in [-0.2, -0.15) is 4.98 Å². The molecule has 26 heavy (non-hydrogen) atoms. The van der Waals surface area contributed by atoms with E-state index >= 15 is 0 Å². The molecule has 0 aliphatic carbocycles. The Morgan fingerprint density at radius 2 is 1.73 bits per heavy atom. The molecule has 0 aliphatic rings. The van der Waals surface area contributed by atoms with Crippen molar-refractivity contribution < 1.29 is 0 Å². The monoisotopic (exact) mass is 343 g/mol. The van der Waals surface area contributed by atoms with E-state index in [1.165, 1.54) is 5.56 Å². The molecule has 3 heterocycles. The summed E-state index contributed by atoms with van der Waals surface area (Å²) in [4.78, 5) is 9.03. The van der Waals surface area contributed by atoms with Gasteiger partial charge >= 0.3 is 0 Å². The first kappa shape index (κ1) is 16.3. The maximum Gasteiger partial charge on any atom is 0.248 e. The van der Waals surface area contributed by atoms with Gasteiger partial charge in [0, 0.05) is 11.3 Å². The number of hydrogen-bond donors (Lipinski definition) is 1. The van der Waals surface area contributed by atoms with Gasteiger partial charge in [-0.05, 0) is 48.7 Å². The molecule has 130 valence electrons. The average Bonchev–Trinajstić information content (AvgIpc) is 3.04. The van der Waals surface area contributed by atoms with Crippen LogP contribution >= 0.6 is 0 Å². The Hall–Kier alpha value is -3.21. The molecule has 4 aromatic rings. The van der Waals surface area contributed by atoms with Gasteiger partial charge in [0.2, 0.25) is 5.95 Å². The molecular formula is C21H21N5. The Labute approximate surface area is 152 Å². The maximum absolute atomic E-state index is 4.64. The fraction of sp³-hybridized carbons (Fsp3) is 0.190. The second kappa shape index (κ2) is 6.59. The molecule has 0 saturated carbocycles. The minimum Gasteiger partial charge on any atom is -0.307 e. The van der Waals surface area contributed by atoms with Crippen LogP contribution in [-0.2, 0) is 0 Å². The van der Waals surface area contributed by atoms with Crippen LogP contribution in [0.25, 0.3) is 16.9 Å². The summed E-state index contributed by atoms with van der Waals surface area (Å²) in [7, 11) is 0. The number of hydrogen-bond acceptors (Lipinski definition) is 4. The van der Waals surface area contributed by atoms with Crippen molar-refractivity contribution in [3.63, 3.8) is 0 Å². The van der Waals surface area contributed by atoms with Gasteiger partial charge in [-0.3, -0.25) is 0 Å². The van der Waals surface area contributed by atoms with Crippen molar-refractivity contribution in [2.24, 2.45) is 0 Å². The molecule has 1 N–H and O–H groups in total. The van der Waals surface area contributed by atoms with Gasteiger partial charge in [-0.1, -0.05) is 44.2 Å². The summed E-state index contributed by atoms with van der Waals surface area (Å²) in [6.45, 7) is 6.36. The van der Waals surface area contributed by atoms with E-state index in [4.69, 9.17) is 0 Å². The smallest absolute Gasteiger partial charge is 0.248 e. The predicted molar refractivity (Wildman–Crippen MR) is 105 cm³/mol. The van der Waals surface area contributed by atoms with Gasteiger partial charge in [0.25, 0.3) is 0 Å². The maximum atomic E-state index is 4.64. The Kier molecular flexibility index (Phi) is 4.13. The fourth-order valence-corrected chi connectivity index (χ4v) is 2.96. The van der Waals surface area contributed by atoms with Crippen molar-refractivity contribution in [1.29, 1.82) is 0 Å². The zero-order valence-corrected chi connectivity index (χ0v) is 15.1.